The molecule has 2 aliphatic rings. The van der Waals surface area contributed by atoms with E-state index in [9.17, 15) is 9.59 Å². The molecule has 1 saturated heterocycles. The summed E-state index contributed by atoms with van der Waals surface area (Å²) < 4.78 is 5.28. The Kier molecular flexibility index (Phi) is 7.13. The summed E-state index contributed by atoms with van der Waals surface area (Å²) in [5.74, 6) is 0.978. The summed E-state index contributed by atoms with van der Waals surface area (Å²) in [6.45, 7) is 1.52. The summed E-state index contributed by atoms with van der Waals surface area (Å²) in [7, 11) is 1.64. The smallest absolute Gasteiger partial charge is 0.227 e. The summed E-state index contributed by atoms with van der Waals surface area (Å²) in [6.07, 6.45) is 8.61. The molecule has 1 aliphatic heterocycles. The fourth-order valence-electron chi connectivity index (χ4n) is 4.43. The molecule has 27 heavy (non-hydrogen) atoms. The molecule has 0 aromatic heterocycles. The number of ether oxygens (including phenoxy) is 1. The van der Waals surface area contributed by atoms with Gasteiger partial charge in [-0.15, -0.1) is 0 Å². The van der Waals surface area contributed by atoms with Crippen molar-refractivity contribution in [2.75, 3.05) is 20.2 Å². The molecule has 1 aliphatic carbocycles. The molecule has 0 spiro atoms. The van der Waals surface area contributed by atoms with Gasteiger partial charge in [0.15, 0.2) is 0 Å². The van der Waals surface area contributed by atoms with E-state index in [0.29, 0.717) is 6.42 Å². The van der Waals surface area contributed by atoms with Gasteiger partial charge in [0.2, 0.25) is 11.8 Å². The molecule has 1 aromatic rings. The standard InChI is InChI=1S/C22H32N2O3/c1-27-18-10-8-9-17(15-18)16-21(25)24-14-7-3-2-6-13-23-22(26)19-11-4-5-12-20(19)24/h8-10,15,19-20H,2-7,11-14,16H2,1H3,(H,23,26)/t19-,20+/m1/s1. The molecule has 2 amide bonds. The second-order valence-electron chi connectivity index (χ2n) is 7.78. The number of hydrogen-bond acceptors (Lipinski definition) is 3. The molecule has 2 atom stereocenters. The molecule has 2 fully saturated rings. The first-order chi connectivity index (χ1) is 13.2. The van der Waals surface area contributed by atoms with Gasteiger partial charge in [-0.05, 0) is 43.4 Å². The van der Waals surface area contributed by atoms with Crippen LogP contribution in [0.25, 0.3) is 0 Å². The minimum Gasteiger partial charge on any atom is -0.497 e. The van der Waals surface area contributed by atoms with Gasteiger partial charge in [0, 0.05) is 19.1 Å². The third-order valence-electron chi connectivity index (χ3n) is 5.90. The average Bonchev–Trinajstić information content (AvgIpc) is 2.73. The van der Waals surface area contributed by atoms with Gasteiger partial charge in [0.05, 0.1) is 19.4 Å². The third-order valence-corrected chi connectivity index (χ3v) is 5.90. The first kappa shape index (κ1) is 19.7. The van der Waals surface area contributed by atoms with Crippen LogP contribution in [-0.4, -0.2) is 43.0 Å². The number of hydrogen-bond donors (Lipinski definition) is 1. The van der Waals surface area contributed by atoms with Crippen molar-refractivity contribution in [2.45, 2.75) is 63.8 Å². The summed E-state index contributed by atoms with van der Waals surface area (Å²) in [5.41, 5.74) is 0.963. The number of carbonyl (C=O) groups excluding carboxylic acids is 2. The number of rotatable bonds is 3. The highest BCUT2D eigenvalue weighted by molar-refractivity contribution is 5.83. The number of methoxy groups -OCH3 is 1. The number of nitrogens with zero attached hydrogens (tertiary/aromatic N) is 1. The van der Waals surface area contributed by atoms with E-state index in [1.54, 1.807) is 7.11 Å². The molecule has 1 N–H and O–H groups in total. The Labute approximate surface area is 162 Å². The Morgan fingerprint density at radius 3 is 2.81 bits per heavy atom. The quantitative estimate of drug-likeness (QED) is 0.885. The number of carbonyl (C=O) groups is 2. The summed E-state index contributed by atoms with van der Waals surface area (Å²) in [6, 6.07) is 7.75. The molecule has 5 heteroatoms. The Morgan fingerprint density at radius 2 is 1.96 bits per heavy atom. The Balaban J connectivity index is 1.78. The maximum atomic E-state index is 13.2. The first-order valence-electron chi connectivity index (χ1n) is 10.4. The van der Waals surface area contributed by atoms with Crippen LogP contribution >= 0.6 is 0 Å². The lowest BCUT2D eigenvalue weighted by Crippen LogP contribution is -2.51. The van der Waals surface area contributed by atoms with Crippen LogP contribution in [0.2, 0.25) is 0 Å². The van der Waals surface area contributed by atoms with Gasteiger partial charge in [-0.2, -0.15) is 0 Å². The summed E-state index contributed by atoms with van der Waals surface area (Å²) >= 11 is 0. The van der Waals surface area contributed by atoms with Crippen LogP contribution in [0.4, 0.5) is 0 Å². The highest BCUT2D eigenvalue weighted by Crippen LogP contribution is 2.30. The predicted molar refractivity (Wildman–Crippen MR) is 106 cm³/mol. The van der Waals surface area contributed by atoms with E-state index in [1.165, 1.54) is 0 Å². The predicted octanol–water partition coefficient (Wildman–Crippen LogP) is 3.32. The molecular formula is C22H32N2O3. The lowest BCUT2D eigenvalue weighted by atomic mass is 9.82. The molecule has 5 nitrogen and oxygen atoms in total. The van der Waals surface area contributed by atoms with E-state index >= 15 is 0 Å². The van der Waals surface area contributed by atoms with E-state index in [2.05, 4.69) is 5.32 Å². The van der Waals surface area contributed by atoms with E-state index in [0.717, 1.165) is 75.8 Å². The zero-order valence-corrected chi connectivity index (χ0v) is 16.4. The summed E-state index contributed by atoms with van der Waals surface area (Å²) in [5, 5.41) is 3.11. The average molecular weight is 373 g/mol. The molecule has 1 aromatic carbocycles. The van der Waals surface area contributed by atoms with Crippen LogP contribution in [0.15, 0.2) is 24.3 Å². The van der Waals surface area contributed by atoms with Gasteiger partial charge in [0.25, 0.3) is 0 Å². The van der Waals surface area contributed by atoms with Crippen molar-refractivity contribution >= 4 is 11.8 Å². The Hall–Kier alpha value is -2.04. The van der Waals surface area contributed by atoms with Gasteiger partial charge in [0.1, 0.15) is 5.75 Å². The second-order valence-corrected chi connectivity index (χ2v) is 7.78. The highest BCUT2D eigenvalue weighted by Gasteiger charge is 2.36. The maximum Gasteiger partial charge on any atom is 0.227 e. The molecule has 0 unspecified atom stereocenters. The second kappa shape index (κ2) is 9.77. The van der Waals surface area contributed by atoms with E-state index in [1.807, 2.05) is 29.2 Å². The van der Waals surface area contributed by atoms with Crippen molar-refractivity contribution in [3.8, 4) is 5.75 Å². The fourth-order valence-corrected chi connectivity index (χ4v) is 4.43. The Morgan fingerprint density at radius 1 is 1.15 bits per heavy atom. The first-order valence-corrected chi connectivity index (χ1v) is 10.4. The minimum atomic E-state index is -0.0638. The van der Waals surface area contributed by atoms with Crippen molar-refractivity contribution in [2.24, 2.45) is 5.92 Å². The van der Waals surface area contributed by atoms with Gasteiger partial charge >= 0.3 is 0 Å². The molecule has 0 radical (unpaired) electrons. The fraction of sp³-hybridized carbons (Fsp3) is 0.636. The highest BCUT2D eigenvalue weighted by atomic mass is 16.5. The monoisotopic (exact) mass is 372 g/mol. The summed E-state index contributed by atoms with van der Waals surface area (Å²) in [4.78, 5) is 28.0. The molecule has 3 rings (SSSR count). The van der Waals surface area contributed by atoms with Crippen molar-refractivity contribution in [1.82, 2.24) is 10.2 Å². The number of nitrogens with one attached hydrogen (secondary N) is 1. The van der Waals surface area contributed by atoms with Crippen LogP contribution in [0.5, 0.6) is 5.75 Å². The van der Waals surface area contributed by atoms with Crippen molar-refractivity contribution < 1.29 is 14.3 Å². The molecular weight excluding hydrogens is 340 g/mol. The van der Waals surface area contributed by atoms with E-state index < -0.39 is 0 Å². The van der Waals surface area contributed by atoms with Crippen LogP contribution in [0.3, 0.4) is 0 Å². The van der Waals surface area contributed by atoms with Crippen molar-refractivity contribution in [3.05, 3.63) is 29.8 Å². The SMILES string of the molecule is COc1cccc(CC(=O)N2CCCCCCNC(=O)[C@@H]3CCCC[C@@H]32)c1. The van der Waals surface area contributed by atoms with Gasteiger partial charge < -0.3 is 15.0 Å². The van der Waals surface area contributed by atoms with E-state index in [4.69, 9.17) is 4.74 Å². The molecule has 148 valence electrons. The largest absolute Gasteiger partial charge is 0.497 e. The lowest BCUT2D eigenvalue weighted by molar-refractivity contribution is -0.138. The number of fused-ring (bicyclic) bond motifs is 1. The van der Waals surface area contributed by atoms with Crippen molar-refractivity contribution in [3.63, 3.8) is 0 Å². The zero-order valence-electron chi connectivity index (χ0n) is 16.4. The normalized spacial score (nSPS) is 24.3. The van der Waals surface area contributed by atoms with Crippen LogP contribution < -0.4 is 10.1 Å². The van der Waals surface area contributed by atoms with Gasteiger partial charge in [-0.3, -0.25) is 9.59 Å². The van der Waals surface area contributed by atoms with Gasteiger partial charge in [-0.1, -0.05) is 37.8 Å². The molecule has 1 heterocycles. The minimum absolute atomic E-state index is 0.0370. The Bertz CT molecular complexity index is 646. The molecule has 1 saturated carbocycles. The topological polar surface area (TPSA) is 58.6 Å². The van der Waals surface area contributed by atoms with Crippen LogP contribution in [0, 0.1) is 5.92 Å². The van der Waals surface area contributed by atoms with Gasteiger partial charge in [-0.25, -0.2) is 0 Å². The van der Waals surface area contributed by atoms with Crippen LogP contribution in [-0.2, 0) is 16.0 Å². The molecule has 0 bridgehead atoms. The van der Waals surface area contributed by atoms with Crippen LogP contribution in [0.1, 0.15) is 56.9 Å². The zero-order chi connectivity index (χ0) is 19.1. The lowest BCUT2D eigenvalue weighted by Gasteiger charge is -2.39. The number of benzene rings is 1. The maximum absolute atomic E-state index is 13.2. The third kappa shape index (κ3) is 5.24. The van der Waals surface area contributed by atoms with E-state index in [-0.39, 0.29) is 23.8 Å². The van der Waals surface area contributed by atoms with Crippen molar-refractivity contribution in [1.29, 1.82) is 0 Å². The number of amides is 2.